The maximum absolute atomic E-state index is 11.6. The van der Waals surface area contributed by atoms with E-state index >= 15 is 0 Å². The van der Waals surface area contributed by atoms with E-state index in [9.17, 15) is 9.90 Å². The zero-order valence-electron chi connectivity index (χ0n) is 10.6. The molecule has 2 N–H and O–H groups in total. The number of fused-ring (bicyclic) bond motifs is 3. The van der Waals surface area contributed by atoms with Crippen molar-refractivity contribution in [2.45, 2.75) is 26.9 Å². The fourth-order valence-corrected chi connectivity index (χ4v) is 2.93. The molecule has 2 aromatic rings. The second-order valence-electron chi connectivity index (χ2n) is 4.88. The van der Waals surface area contributed by atoms with Crippen LogP contribution in [0.3, 0.4) is 0 Å². The summed E-state index contributed by atoms with van der Waals surface area (Å²) in [4.78, 5) is 11.6. The average Bonchev–Trinajstić information content (AvgIpc) is 2.70. The number of aromatic carboxylic acids is 1. The molecule has 3 rings (SSSR count). The predicted molar refractivity (Wildman–Crippen MR) is 70.1 cm³/mol. The molecule has 0 fully saturated rings. The van der Waals surface area contributed by atoms with Crippen molar-refractivity contribution in [3.8, 4) is 0 Å². The first-order valence-electron chi connectivity index (χ1n) is 6.16. The van der Waals surface area contributed by atoms with Crippen molar-refractivity contribution in [3.05, 3.63) is 34.5 Å². The van der Waals surface area contributed by atoms with Crippen LogP contribution in [0.15, 0.2) is 12.1 Å². The summed E-state index contributed by atoms with van der Waals surface area (Å²) in [5.74, 6) is -0.828. The van der Waals surface area contributed by atoms with Gasteiger partial charge in [-0.2, -0.15) is 0 Å². The Bertz CT molecular complexity index is 656. The summed E-state index contributed by atoms with van der Waals surface area (Å²) in [5, 5.41) is 13.7. The van der Waals surface area contributed by atoms with Crippen LogP contribution in [0.2, 0.25) is 0 Å². The van der Waals surface area contributed by atoms with Crippen LogP contribution in [0.5, 0.6) is 0 Å². The molecule has 1 aromatic heterocycles. The zero-order chi connectivity index (χ0) is 12.9. The lowest BCUT2D eigenvalue weighted by atomic mass is 10.0. The summed E-state index contributed by atoms with van der Waals surface area (Å²) < 4.78 is 2.16. The molecule has 0 spiro atoms. The van der Waals surface area contributed by atoms with Gasteiger partial charge in [0, 0.05) is 30.7 Å². The summed E-state index contributed by atoms with van der Waals surface area (Å²) in [5.41, 5.74) is 4.64. The SMILES string of the molecule is Cc1ccc(C)c2c1c(C(=O)O)c1n2CCNC1. The smallest absolute Gasteiger partial charge is 0.338 e. The second kappa shape index (κ2) is 3.85. The Labute approximate surface area is 105 Å². The highest BCUT2D eigenvalue weighted by Gasteiger charge is 2.25. The lowest BCUT2D eigenvalue weighted by Crippen LogP contribution is -2.28. The van der Waals surface area contributed by atoms with E-state index in [4.69, 9.17) is 0 Å². The predicted octanol–water partition coefficient (Wildman–Crippen LogP) is 2.06. The standard InChI is InChI=1S/C14H16N2O2/c1-8-3-4-9(2)13-11(8)12(14(17)18)10-7-15-5-6-16(10)13/h3-4,15H,5-7H2,1-2H3,(H,17,18). The van der Waals surface area contributed by atoms with Crippen molar-refractivity contribution in [2.75, 3.05) is 6.54 Å². The van der Waals surface area contributed by atoms with Crippen LogP contribution in [-0.4, -0.2) is 22.2 Å². The third-order valence-corrected chi connectivity index (χ3v) is 3.74. The zero-order valence-corrected chi connectivity index (χ0v) is 10.6. The van der Waals surface area contributed by atoms with Crippen molar-refractivity contribution >= 4 is 16.9 Å². The van der Waals surface area contributed by atoms with E-state index in [0.717, 1.165) is 40.8 Å². The molecule has 0 saturated carbocycles. The number of rotatable bonds is 1. The van der Waals surface area contributed by atoms with Gasteiger partial charge in [-0.1, -0.05) is 12.1 Å². The highest BCUT2D eigenvalue weighted by molar-refractivity contribution is 6.07. The minimum atomic E-state index is -0.828. The normalized spacial score (nSPS) is 14.8. The van der Waals surface area contributed by atoms with Crippen molar-refractivity contribution in [1.29, 1.82) is 0 Å². The lowest BCUT2D eigenvalue weighted by molar-refractivity contribution is 0.0697. The Kier molecular flexibility index (Phi) is 2.41. The molecule has 0 atom stereocenters. The van der Waals surface area contributed by atoms with Gasteiger partial charge in [0.2, 0.25) is 0 Å². The molecule has 1 aliphatic heterocycles. The van der Waals surface area contributed by atoms with E-state index in [2.05, 4.69) is 16.0 Å². The number of carbonyl (C=O) groups is 1. The Morgan fingerprint density at radius 2 is 2.06 bits per heavy atom. The summed E-state index contributed by atoms with van der Waals surface area (Å²) >= 11 is 0. The molecule has 2 heterocycles. The number of hydrogen-bond donors (Lipinski definition) is 2. The summed E-state index contributed by atoms with van der Waals surface area (Å²) in [7, 11) is 0. The van der Waals surface area contributed by atoms with Gasteiger partial charge in [-0.15, -0.1) is 0 Å². The average molecular weight is 244 g/mol. The molecule has 4 heteroatoms. The number of aromatic nitrogens is 1. The van der Waals surface area contributed by atoms with Gasteiger partial charge in [0.05, 0.1) is 11.1 Å². The lowest BCUT2D eigenvalue weighted by Gasteiger charge is -2.18. The van der Waals surface area contributed by atoms with Gasteiger partial charge in [-0.25, -0.2) is 4.79 Å². The monoisotopic (exact) mass is 244 g/mol. The molecule has 0 amide bonds. The van der Waals surface area contributed by atoms with E-state index in [1.165, 1.54) is 0 Å². The van der Waals surface area contributed by atoms with Gasteiger partial charge < -0.3 is 15.0 Å². The Morgan fingerprint density at radius 3 is 2.78 bits per heavy atom. The molecule has 0 aliphatic carbocycles. The van der Waals surface area contributed by atoms with E-state index in [1.54, 1.807) is 0 Å². The molecule has 0 bridgehead atoms. The number of carboxylic acids is 1. The molecule has 0 unspecified atom stereocenters. The van der Waals surface area contributed by atoms with Crippen molar-refractivity contribution in [3.63, 3.8) is 0 Å². The summed E-state index contributed by atoms with van der Waals surface area (Å²) in [6.45, 7) is 6.39. The van der Waals surface area contributed by atoms with E-state index in [0.29, 0.717) is 12.1 Å². The molecule has 0 saturated heterocycles. The molecular weight excluding hydrogens is 228 g/mol. The van der Waals surface area contributed by atoms with E-state index in [1.807, 2.05) is 19.9 Å². The van der Waals surface area contributed by atoms with Crippen molar-refractivity contribution < 1.29 is 9.90 Å². The van der Waals surface area contributed by atoms with Gasteiger partial charge in [0.1, 0.15) is 0 Å². The van der Waals surface area contributed by atoms with Crippen molar-refractivity contribution in [2.24, 2.45) is 0 Å². The third-order valence-electron chi connectivity index (χ3n) is 3.74. The number of aryl methyl sites for hydroxylation is 2. The number of hydrogen-bond acceptors (Lipinski definition) is 2. The Hall–Kier alpha value is -1.81. The number of nitrogens with one attached hydrogen (secondary N) is 1. The molecule has 94 valence electrons. The fourth-order valence-electron chi connectivity index (χ4n) is 2.93. The van der Waals surface area contributed by atoms with Gasteiger partial charge in [-0.3, -0.25) is 0 Å². The number of nitrogens with zero attached hydrogens (tertiary/aromatic N) is 1. The van der Waals surface area contributed by atoms with Crippen LogP contribution < -0.4 is 5.32 Å². The first kappa shape index (κ1) is 11.3. The maximum atomic E-state index is 11.6. The largest absolute Gasteiger partial charge is 0.478 e. The van der Waals surface area contributed by atoms with Crippen LogP contribution >= 0.6 is 0 Å². The van der Waals surface area contributed by atoms with Crippen LogP contribution in [0.25, 0.3) is 10.9 Å². The Balaban J connectivity index is 2.51. The maximum Gasteiger partial charge on any atom is 0.338 e. The third kappa shape index (κ3) is 1.39. The molecule has 0 radical (unpaired) electrons. The molecule has 1 aliphatic rings. The van der Waals surface area contributed by atoms with Gasteiger partial charge in [-0.05, 0) is 25.0 Å². The van der Waals surface area contributed by atoms with E-state index < -0.39 is 5.97 Å². The first-order valence-corrected chi connectivity index (χ1v) is 6.16. The van der Waals surface area contributed by atoms with Crippen LogP contribution in [0.4, 0.5) is 0 Å². The second-order valence-corrected chi connectivity index (χ2v) is 4.88. The molecule has 4 nitrogen and oxygen atoms in total. The van der Waals surface area contributed by atoms with Gasteiger partial charge in [0.25, 0.3) is 0 Å². The highest BCUT2D eigenvalue weighted by Crippen LogP contribution is 2.32. The minimum Gasteiger partial charge on any atom is -0.478 e. The molecule has 18 heavy (non-hydrogen) atoms. The number of carboxylic acid groups (broad SMARTS) is 1. The van der Waals surface area contributed by atoms with Gasteiger partial charge in [0.15, 0.2) is 0 Å². The van der Waals surface area contributed by atoms with Crippen LogP contribution in [0.1, 0.15) is 27.2 Å². The first-order chi connectivity index (χ1) is 8.61. The Morgan fingerprint density at radius 1 is 1.33 bits per heavy atom. The van der Waals surface area contributed by atoms with Gasteiger partial charge >= 0.3 is 5.97 Å². The van der Waals surface area contributed by atoms with Crippen LogP contribution in [-0.2, 0) is 13.1 Å². The van der Waals surface area contributed by atoms with Crippen molar-refractivity contribution in [1.82, 2.24) is 9.88 Å². The topological polar surface area (TPSA) is 54.3 Å². The molecule has 1 aromatic carbocycles. The highest BCUT2D eigenvalue weighted by atomic mass is 16.4. The minimum absolute atomic E-state index is 0.471. The quantitative estimate of drug-likeness (QED) is 0.807. The fraction of sp³-hybridized carbons (Fsp3) is 0.357. The van der Waals surface area contributed by atoms with E-state index in [-0.39, 0.29) is 0 Å². The summed E-state index contributed by atoms with van der Waals surface area (Å²) in [6, 6.07) is 4.07. The summed E-state index contributed by atoms with van der Waals surface area (Å²) in [6.07, 6.45) is 0. The van der Waals surface area contributed by atoms with Crippen LogP contribution in [0, 0.1) is 13.8 Å². The molecular formula is C14H16N2O2. The number of benzene rings is 1.